The van der Waals surface area contributed by atoms with Gasteiger partial charge in [-0.25, -0.2) is 0 Å². The molecule has 0 atom stereocenters. The van der Waals surface area contributed by atoms with Crippen LogP contribution in [0.4, 0.5) is 0 Å². The average molecular weight is 1090 g/mol. The first-order valence-electron chi connectivity index (χ1n) is 20.9. The minimum atomic E-state index is 0. The summed E-state index contributed by atoms with van der Waals surface area (Å²) in [6, 6.07) is 15.6. The molecule has 0 saturated heterocycles. The Labute approximate surface area is 437 Å². The topological polar surface area (TPSA) is 295 Å². The third-order valence-corrected chi connectivity index (χ3v) is 9.72. The van der Waals surface area contributed by atoms with E-state index in [2.05, 4.69) is 47.8 Å². The van der Waals surface area contributed by atoms with Crippen molar-refractivity contribution in [2.75, 3.05) is 68.6 Å². The molecule has 0 aromatic heterocycles. The number of nitrogens with zero attached hydrogens (tertiary/aromatic N) is 10. The summed E-state index contributed by atoms with van der Waals surface area (Å²) in [5.41, 5.74) is 37.8. The number of rotatable bonds is 16. The molecular formula is C48H74Cu3N10O7. The number of aliphatic hydroxyl groups is 2. The maximum atomic E-state index is 12.6. The second-order valence-electron chi connectivity index (χ2n) is 16.2. The zero-order valence-electron chi connectivity index (χ0n) is 42.1. The van der Waals surface area contributed by atoms with Gasteiger partial charge in [0, 0.05) is 53.5 Å². The van der Waals surface area contributed by atoms with Crippen molar-refractivity contribution in [3.8, 4) is 23.0 Å². The summed E-state index contributed by atoms with van der Waals surface area (Å²) in [6.07, 6.45) is 1.98. The number of aryl methyl sites for hydroxylation is 8. The SMILES string of the molecule is CO.CO.Cc1cc(C)c([O-])c(CN(CCCN(C)C)Cc2cc(C)cc(C)c2[O-])c1.Cc1cc(C)c([O-])c(CN(CCCN(C)C)Cc2cc(C)cc(C)c2[O-])c1.O.[Cu+2].[Cu+2].[Cu+2].[N-]=[N+]=[N-].[N-]=[N+]=[N-]. The van der Waals surface area contributed by atoms with E-state index < -0.39 is 0 Å². The Balaban J connectivity index is -0.000000226. The molecule has 0 aliphatic rings. The van der Waals surface area contributed by atoms with E-state index in [1.165, 1.54) is 9.82 Å². The standard InChI is InChI=1S/2C23H34N2O2.2CH4O.3Cu.2N3.H2O/c2*1-16-10-18(3)22(26)20(12-16)14-25(9-7-8-24(5)6)15-21-13-17(2)11-19(4)23(21)27;2*1-2;;;;2*1-3-2;/h2*10-13,26-27H,7-9,14-15H2,1-6H3;2*2H,1H3;;;;;;1H2/q;;;;3*+2;2*-1;/p-4. The van der Waals surface area contributed by atoms with Gasteiger partial charge in [-0.15, -0.1) is 23.0 Å². The van der Waals surface area contributed by atoms with Crippen molar-refractivity contribution < 1.29 is 87.3 Å². The molecule has 4 aromatic carbocycles. The predicted octanol–water partition coefficient (Wildman–Crippen LogP) is 6.16. The van der Waals surface area contributed by atoms with Crippen LogP contribution in [0, 0.1) is 55.4 Å². The zero-order chi connectivity index (χ0) is 49.7. The third kappa shape index (κ3) is 29.8. The van der Waals surface area contributed by atoms with Crippen molar-refractivity contribution in [3.63, 3.8) is 0 Å². The predicted molar refractivity (Wildman–Crippen MR) is 256 cm³/mol. The van der Waals surface area contributed by atoms with Gasteiger partial charge in [0.2, 0.25) is 0 Å². The van der Waals surface area contributed by atoms with E-state index in [1.54, 1.807) is 0 Å². The van der Waals surface area contributed by atoms with E-state index in [-0.39, 0.29) is 79.7 Å². The summed E-state index contributed by atoms with van der Waals surface area (Å²) >= 11 is 0. The largest absolute Gasteiger partial charge is 2.00 e. The summed E-state index contributed by atoms with van der Waals surface area (Å²) < 4.78 is 0. The van der Waals surface area contributed by atoms with Gasteiger partial charge < -0.3 is 68.0 Å². The summed E-state index contributed by atoms with van der Waals surface area (Å²) in [5.74, 6) is 0.448. The molecule has 0 unspecified atom stereocenters. The number of benzene rings is 4. The first-order valence-corrected chi connectivity index (χ1v) is 20.9. The van der Waals surface area contributed by atoms with Crippen LogP contribution < -0.4 is 20.4 Å². The van der Waals surface area contributed by atoms with Crippen molar-refractivity contribution >= 4 is 0 Å². The van der Waals surface area contributed by atoms with Crippen molar-refractivity contribution in [3.05, 3.63) is 147 Å². The molecule has 0 spiro atoms. The van der Waals surface area contributed by atoms with E-state index >= 15 is 0 Å². The Kier molecular flexibility index (Phi) is 46.5. The fourth-order valence-corrected chi connectivity index (χ4v) is 7.25. The first-order chi connectivity index (χ1) is 30.2. The number of hydrogen-bond donors (Lipinski definition) is 2. The van der Waals surface area contributed by atoms with Crippen molar-refractivity contribution in [1.29, 1.82) is 0 Å². The van der Waals surface area contributed by atoms with Crippen LogP contribution >= 0.6 is 0 Å². The molecule has 17 nitrogen and oxygen atoms in total. The van der Waals surface area contributed by atoms with E-state index in [9.17, 15) is 20.4 Å². The Hall–Kier alpha value is -4.02. The molecule has 4 rings (SSSR count). The van der Waals surface area contributed by atoms with Gasteiger partial charge in [-0.1, -0.05) is 93.0 Å². The van der Waals surface area contributed by atoms with Crippen LogP contribution in [0.25, 0.3) is 31.9 Å². The number of hydrogen-bond acceptors (Lipinski definition) is 10. The summed E-state index contributed by atoms with van der Waals surface area (Å²) in [7, 11) is 10.2. The van der Waals surface area contributed by atoms with E-state index in [0.717, 1.165) is 120 Å². The van der Waals surface area contributed by atoms with E-state index in [1.807, 2.05) is 104 Å². The van der Waals surface area contributed by atoms with Crippen LogP contribution in [0.5, 0.6) is 23.0 Å². The maximum absolute atomic E-state index is 12.6. The summed E-state index contributed by atoms with van der Waals surface area (Å²) in [4.78, 5) is 11.8. The van der Waals surface area contributed by atoms with Gasteiger partial charge in [-0.2, -0.15) is 0 Å². The summed E-state index contributed by atoms with van der Waals surface area (Å²) in [6.45, 7) is 21.5. The third-order valence-electron chi connectivity index (χ3n) is 9.72. The van der Waals surface area contributed by atoms with Crippen LogP contribution in [0.2, 0.25) is 0 Å². The van der Waals surface area contributed by atoms with Gasteiger partial charge in [0.15, 0.2) is 0 Å². The minimum Gasteiger partial charge on any atom is -0.872 e. The van der Waals surface area contributed by atoms with E-state index in [0.29, 0.717) is 26.2 Å². The fraction of sp³-hybridized carbons (Fsp3) is 0.500. The van der Waals surface area contributed by atoms with Gasteiger partial charge >= 0.3 is 51.2 Å². The van der Waals surface area contributed by atoms with Crippen LogP contribution in [0.3, 0.4) is 0 Å². The molecule has 0 fully saturated rings. The van der Waals surface area contributed by atoms with Gasteiger partial charge in [0.1, 0.15) is 0 Å². The van der Waals surface area contributed by atoms with Crippen LogP contribution in [-0.2, 0) is 77.4 Å². The maximum Gasteiger partial charge on any atom is 2.00 e. The van der Waals surface area contributed by atoms with Crippen molar-refractivity contribution in [2.45, 2.75) is 94.4 Å². The van der Waals surface area contributed by atoms with Crippen LogP contribution in [-0.4, -0.2) is 104 Å². The Bertz CT molecular complexity index is 1800. The molecular weight excluding hydrogens is 1020 g/mol. The molecule has 391 valence electrons. The van der Waals surface area contributed by atoms with E-state index in [4.69, 9.17) is 32.3 Å². The second-order valence-corrected chi connectivity index (χ2v) is 16.2. The van der Waals surface area contributed by atoms with Crippen LogP contribution in [0.1, 0.15) is 79.6 Å². The monoisotopic (exact) mass is 1090 g/mol. The second kappa shape index (κ2) is 41.9. The fourth-order valence-electron chi connectivity index (χ4n) is 7.25. The number of aliphatic hydroxyl groups excluding tert-OH is 2. The van der Waals surface area contributed by atoms with Gasteiger partial charge in [0.05, 0.1) is 0 Å². The van der Waals surface area contributed by atoms with Gasteiger partial charge in [0.25, 0.3) is 0 Å². The van der Waals surface area contributed by atoms with Crippen molar-refractivity contribution in [2.24, 2.45) is 0 Å². The van der Waals surface area contributed by atoms with Gasteiger partial charge in [-0.3, -0.25) is 19.6 Å². The molecule has 0 amide bonds. The molecule has 0 aliphatic heterocycles. The Morgan fingerprint density at radius 1 is 0.397 bits per heavy atom. The first kappa shape index (κ1) is 75.5. The molecule has 0 heterocycles. The smallest absolute Gasteiger partial charge is 0.872 e. The van der Waals surface area contributed by atoms with Crippen molar-refractivity contribution in [1.82, 2.24) is 19.6 Å². The quantitative estimate of drug-likeness (QED) is 0.0557. The zero-order valence-corrected chi connectivity index (χ0v) is 44.9. The molecule has 0 saturated carbocycles. The summed E-state index contributed by atoms with van der Waals surface area (Å²) in [5, 5.41) is 64.3. The molecule has 68 heavy (non-hydrogen) atoms. The Morgan fingerprint density at radius 3 is 0.735 bits per heavy atom. The Morgan fingerprint density at radius 2 is 0.574 bits per heavy atom. The minimum absolute atomic E-state index is 0. The molecule has 4 aromatic rings. The molecule has 3 radical (unpaired) electrons. The molecule has 0 aliphatic carbocycles. The molecule has 4 N–H and O–H groups in total. The molecule has 20 heteroatoms. The van der Waals surface area contributed by atoms with Crippen LogP contribution in [0.15, 0.2) is 48.5 Å². The normalized spacial score (nSPS) is 9.59. The average Bonchev–Trinajstić information content (AvgIpc) is 3.21. The van der Waals surface area contributed by atoms with Gasteiger partial charge in [-0.05, 0) is 132 Å². The molecule has 0 bridgehead atoms.